The Morgan fingerprint density at radius 1 is 1.06 bits per heavy atom. The van der Waals surface area contributed by atoms with E-state index in [4.69, 9.17) is 0 Å². The first-order valence-electron chi connectivity index (χ1n) is 11.0. The average Bonchev–Trinajstić information content (AvgIpc) is 2.74. The van der Waals surface area contributed by atoms with Gasteiger partial charge < -0.3 is 10.2 Å². The first-order valence-corrected chi connectivity index (χ1v) is 12.5. The van der Waals surface area contributed by atoms with Gasteiger partial charge in [-0.3, -0.25) is 9.52 Å². The summed E-state index contributed by atoms with van der Waals surface area (Å²) in [5, 5.41) is 2.95. The molecule has 2 aromatic carbocycles. The van der Waals surface area contributed by atoms with Gasteiger partial charge in [0.1, 0.15) is 0 Å². The van der Waals surface area contributed by atoms with E-state index in [1.54, 1.807) is 42.5 Å². The minimum atomic E-state index is -3.67. The molecule has 1 aliphatic heterocycles. The lowest BCUT2D eigenvalue weighted by molar-refractivity contribution is 0.0949. The van der Waals surface area contributed by atoms with E-state index in [0.29, 0.717) is 23.8 Å². The number of benzene rings is 2. The van der Waals surface area contributed by atoms with Crippen LogP contribution in [0.25, 0.3) is 0 Å². The van der Waals surface area contributed by atoms with E-state index < -0.39 is 10.0 Å². The highest BCUT2D eigenvalue weighted by Gasteiger charge is 2.18. The van der Waals surface area contributed by atoms with Crippen molar-refractivity contribution in [1.29, 1.82) is 0 Å². The SMILES string of the molecule is Cc1ccc(S(=O)(=O)Nc2ccc(C(=O)NCCCN3CCCCC3C)cc2)cc1C. The molecule has 2 N–H and O–H groups in total. The fourth-order valence-electron chi connectivity index (χ4n) is 3.86. The number of carbonyl (C=O) groups is 1. The number of hydrogen-bond acceptors (Lipinski definition) is 4. The molecular weight excluding hydrogens is 410 g/mol. The molecule has 0 saturated carbocycles. The van der Waals surface area contributed by atoms with Gasteiger partial charge in [-0.15, -0.1) is 0 Å². The lowest BCUT2D eigenvalue weighted by atomic mass is 10.0. The molecule has 3 rings (SSSR count). The molecule has 2 aromatic rings. The van der Waals surface area contributed by atoms with E-state index in [0.717, 1.165) is 30.6 Å². The molecule has 1 unspecified atom stereocenters. The van der Waals surface area contributed by atoms with Crippen LogP contribution in [0.5, 0.6) is 0 Å². The van der Waals surface area contributed by atoms with Gasteiger partial charge in [-0.25, -0.2) is 8.42 Å². The highest BCUT2D eigenvalue weighted by molar-refractivity contribution is 7.92. The van der Waals surface area contributed by atoms with Crippen molar-refractivity contribution in [2.45, 2.75) is 57.4 Å². The zero-order valence-electron chi connectivity index (χ0n) is 18.6. The third kappa shape index (κ3) is 6.31. The van der Waals surface area contributed by atoms with Crippen molar-refractivity contribution < 1.29 is 13.2 Å². The van der Waals surface area contributed by atoms with Crippen molar-refractivity contribution >= 4 is 21.6 Å². The van der Waals surface area contributed by atoms with Gasteiger partial charge in [0.15, 0.2) is 0 Å². The van der Waals surface area contributed by atoms with Crippen LogP contribution in [0.1, 0.15) is 54.1 Å². The van der Waals surface area contributed by atoms with E-state index in [1.165, 1.54) is 19.3 Å². The summed E-state index contributed by atoms with van der Waals surface area (Å²) in [6.07, 6.45) is 4.75. The molecule has 7 heteroatoms. The van der Waals surface area contributed by atoms with E-state index in [9.17, 15) is 13.2 Å². The maximum atomic E-state index is 12.6. The Hall–Kier alpha value is -2.38. The van der Waals surface area contributed by atoms with E-state index in [2.05, 4.69) is 21.9 Å². The molecule has 1 atom stereocenters. The molecule has 0 bridgehead atoms. The molecule has 1 aliphatic rings. The third-order valence-corrected chi connectivity index (χ3v) is 7.42. The predicted molar refractivity (Wildman–Crippen MR) is 125 cm³/mol. The van der Waals surface area contributed by atoms with Gasteiger partial charge in [-0.05, 0) is 94.1 Å². The topological polar surface area (TPSA) is 78.5 Å². The molecule has 6 nitrogen and oxygen atoms in total. The van der Waals surface area contributed by atoms with Crippen molar-refractivity contribution in [3.63, 3.8) is 0 Å². The number of aryl methyl sites for hydroxylation is 2. The Balaban J connectivity index is 1.50. The Morgan fingerprint density at radius 3 is 2.48 bits per heavy atom. The van der Waals surface area contributed by atoms with Crippen LogP contribution in [0.2, 0.25) is 0 Å². The van der Waals surface area contributed by atoms with Crippen molar-refractivity contribution in [2.75, 3.05) is 24.4 Å². The number of likely N-dealkylation sites (tertiary alicyclic amines) is 1. The smallest absolute Gasteiger partial charge is 0.261 e. The maximum Gasteiger partial charge on any atom is 0.261 e. The van der Waals surface area contributed by atoms with Crippen LogP contribution in [0.3, 0.4) is 0 Å². The molecule has 0 spiro atoms. The lowest BCUT2D eigenvalue weighted by Crippen LogP contribution is -2.39. The van der Waals surface area contributed by atoms with Gasteiger partial charge in [-0.2, -0.15) is 0 Å². The second kappa shape index (κ2) is 10.3. The molecule has 1 saturated heterocycles. The quantitative estimate of drug-likeness (QED) is 0.602. The minimum absolute atomic E-state index is 0.143. The Morgan fingerprint density at radius 2 is 1.81 bits per heavy atom. The summed E-state index contributed by atoms with van der Waals surface area (Å²) in [5.74, 6) is -0.143. The molecule has 1 amide bonds. The Labute approximate surface area is 186 Å². The number of amides is 1. The summed E-state index contributed by atoms with van der Waals surface area (Å²) < 4.78 is 27.8. The van der Waals surface area contributed by atoms with Crippen LogP contribution in [-0.4, -0.2) is 44.9 Å². The summed E-state index contributed by atoms with van der Waals surface area (Å²) in [6, 6.07) is 12.2. The number of sulfonamides is 1. The first-order chi connectivity index (χ1) is 14.8. The first kappa shape index (κ1) is 23.3. The van der Waals surface area contributed by atoms with Crippen molar-refractivity contribution in [2.24, 2.45) is 0 Å². The van der Waals surface area contributed by atoms with Crippen molar-refractivity contribution in [3.8, 4) is 0 Å². The molecule has 1 fully saturated rings. The van der Waals surface area contributed by atoms with E-state index >= 15 is 0 Å². The summed E-state index contributed by atoms with van der Waals surface area (Å²) in [7, 11) is -3.67. The molecule has 1 heterocycles. The molecular formula is C24H33N3O3S. The molecule has 31 heavy (non-hydrogen) atoms. The highest BCUT2D eigenvalue weighted by atomic mass is 32.2. The summed E-state index contributed by atoms with van der Waals surface area (Å²) in [4.78, 5) is 15.1. The Kier molecular flexibility index (Phi) is 7.73. The van der Waals surface area contributed by atoms with Crippen LogP contribution in [0.4, 0.5) is 5.69 Å². The lowest BCUT2D eigenvalue weighted by Gasteiger charge is -2.33. The number of rotatable bonds is 8. The normalized spacial score (nSPS) is 17.3. The Bertz CT molecular complexity index is 1000. The summed E-state index contributed by atoms with van der Waals surface area (Å²) >= 11 is 0. The summed E-state index contributed by atoms with van der Waals surface area (Å²) in [5.41, 5.74) is 2.90. The second-order valence-corrected chi connectivity index (χ2v) is 10.1. The molecule has 0 aromatic heterocycles. The largest absolute Gasteiger partial charge is 0.352 e. The zero-order valence-corrected chi connectivity index (χ0v) is 19.5. The summed E-state index contributed by atoms with van der Waals surface area (Å²) in [6.45, 7) is 8.87. The van der Waals surface area contributed by atoms with Crippen LogP contribution in [-0.2, 0) is 10.0 Å². The molecule has 0 aliphatic carbocycles. The zero-order chi connectivity index (χ0) is 22.4. The monoisotopic (exact) mass is 443 g/mol. The van der Waals surface area contributed by atoms with Gasteiger partial charge in [0, 0.05) is 30.4 Å². The number of nitrogens with zero attached hydrogens (tertiary/aromatic N) is 1. The van der Waals surface area contributed by atoms with Gasteiger partial charge in [0.2, 0.25) is 0 Å². The number of carbonyl (C=O) groups excluding carboxylic acids is 1. The van der Waals surface area contributed by atoms with E-state index in [-0.39, 0.29) is 10.8 Å². The molecule has 0 radical (unpaired) electrons. The average molecular weight is 444 g/mol. The van der Waals surface area contributed by atoms with Crippen molar-refractivity contribution in [3.05, 3.63) is 59.2 Å². The van der Waals surface area contributed by atoms with Crippen LogP contribution >= 0.6 is 0 Å². The van der Waals surface area contributed by atoms with Gasteiger partial charge >= 0.3 is 0 Å². The number of piperidine rings is 1. The van der Waals surface area contributed by atoms with Crippen molar-refractivity contribution in [1.82, 2.24) is 10.2 Å². The second-order valence-electron chi connectivity index (χ2n) is 8.42. The fraction of sp³-hybridized carbons (Fsp3) is 0.458. The number of hydrogen-bond donors (Lipinski definition) is 2. The highest BCUT2D eigenvalue weighted by Crippen LogP contribution is 2.19. The van der Waals surface area contributed by atoms with Gasteiger partial charge in [0.05, 0.1) is 4.90 Å². The van der Waals surface area contributed by atoms with Gasteiger partial charge in [0.25, 0.3) is 15.9 Å². The van der Waals surface area contributed by atoms with E-state index in [1.807, 2.05) is 13.8 Å². The number of nitrogens with one attached hydrogen (secondary N) is 2. The van der Waals surface area contributed by atoms with Crippen LogP contribution < -0.4 is 10.0 Å². The standard InChI is InChI=1S/C24H33N3O3S/c1-18-8-13-23(17-19(18)2)31(29,30)26-22-11-9-21(10-12-22)24(28)25-14-6-16-27-15-5-4-7-20(27)3/h8-13,17,20,26H,4-7,14-16H2,1-3H3,(H,25,28). The molecule has 168 valence electrons. The van der Waals surface area contributed by atoms with Crippen LogP contribution in [0.15, 0.2) is 47.4 Å². The van der Waals surface area contributed by atoms with Crippen LogP contribution in [0, 0.1) is 13.8 Å². The third-order valence-electron chi connectivity index (χ3n) is 6.04. The predicted octanol–water partition coefficient (Wildman–Crippen LogP) is 4.10. The van der Waals surface area contributed by atoms with Gasteiger partial charge in [-0.1, -0.05) is 12.5 Å². The fourth-order valence-corrected chi connectivity index (χ4v) is 5.00. The maximum absolute atomic E-state index is 12.6. The minimum Gasteiger partial charge on any atom is -0.352 e. The number of anilines is 1.